The Labute approximate surface area is 175 Å². The number of ether oxygens (including phenoxy) is 2. The van der Waals surface area contributed by atoms with Crippen molar-refractivity contribution in [3.8, 4) is 11.5 Å². The van der Waals surface area contributed by atoms with E-state index in [1.54, 1.807) is 25.6 Å². The van der Waals surface area contributed by atoms with Crippen LogP contribution in [0.5, 0.6) is 11.5 Å². The quantitative estimate of drug-likeness (QED) is 0.574. The fourth-order valence-electron chi connectivity index (χ4n) is 3.98. The van der Waals surface area contributed by atoms with Crippen molar-refractivity contribution in [2.75, 3.05) is 20.8 Å². The van der Waals surface area contributed by atoms with Crippen LogP contribution in [0.25, 0.3) is 10.2 Å². The van der Waals surface area contributed by atoms with Crippen LogP contribution >= 0.6 is 11.3 Å². The summed E-state index contributed by atoms with van der Waals surface area (Å²) in [6.07, 6.45) is 4.24. The van der Waals surface area contributed by atoms with E-state index in [-0.39, 0.29) is 11.9 Å². The predicted molar refractivity (Wildman–Crippen MR) is 116 cm³/mol. The highest BCUT2D eigenvalue weighted by molar-refractivity contribution is 7.18. The van der Waals surface area contributed by atoms with Gasteiger partial charge in [0.05, 0.1) is 30.5 Å². The van der Waals surface area contributed by atoms with Crippen LogP contribution in [-0.4, -0.2) is 36.6 Å². The van der Waals surface area contributed by atoms with Crippen LogP contribution in [-0.2, 0) is 11.2 Å². The summed E-state index contributed by atoms with van der Waals surface area (Å²) in [5, 5.41) is 1.05. The van der Waals surface area contributed by atoms with Gasteiger partial charge in [0.1, 0.15) is 16.5 Å². The van der Waals surface area contributed by atoms with Gasteiger partial charge in [-0.2, -0.15) is 0 Å². The molecule has 1 amide bonds. The van der Waals surface area contributed by atoms with Gasteiger partial charge in [0.25, 0.3) is 0 Å². The number of aryl methyl sites for hydroxylation is 1. The molecule has 1 fully saturated rings. The maximum Gasteiger partial charge on any atom is 0.223 e. The maximum atomic E-state index is 13.2. The van der Waals surface area contributed by atoms with Crippen LogP contribution < -0.4 is 9.47 Å². The van der Waals surface area contributed by atoms with E-state index < -0.39 is 0 Å². The number of aromatic nitrogens is 1. The summed E-state index contributed by atoms with van der Waals surface area (Å²) in [4.78, 5) is 20.0. The molecule has 0 saturated carbocycles. The highest BCUT2D eigenvalue weighted by Crippen LogP contribution is 2.36. The lowest BCUT2D eigenvalue weighted by Crippen LogP contribution is -2.38. The van der Waals surface area contributed by atoms with Crippen LogP contribution in [0.15, 0.2) is 42.5 Å². The Balaban J connectivity index is 1.50. The molecule has 6 heteroatoms. The third-order valence-electron chi connectivity index (χ3n) is 5.51. The van der Waals surface area contributed by atoms with E-state index in [2.05, 4.69) is 6.07 Å². The average molecular weight is 411 g/mol. The normalized spacial score (nSPS) is 16.8. The second-order valence-corrected chi connectivity index (χ2v) is 8.36. The van der Waals surface area contributed by atoms with Crippen molar-refractivity contribution in [2.45, 2.75) is 38.1 Å². The first-order valence-electron chi connectivity index (χ1n) is 10.1. The first kappa shape index (κ1) is 19.7. The number of likely N-dealkylation sites (tertiary alicyclic amines) is 1. The van der Waals surface area contributed by atoms with Gasteiger partial charge in [0.2, 0.25) is 5.91 Å². The van der Waals surface area contributed by atoms with Crippen molar-refractivity contribution in [1.29, 1.82) is 0 Å². The third-order valence-corrected chi connectivity index (χ3v) is 6.65. The first-order valence-corrected chi connectivity index (χ1v) is 10.9. The van der Waals surface area contributed by atoms with Crippen LogP contribution in [0, 0.1) is 0 Å². The van der Waals surface area contributed by atoms with Crippen molar-refractivity contribution >= 4 is 27.5 Å². The minimum Gasteiger partial charge on any atom is -0.497 e. The number of rotatable bonds is 6. The molecule has 3 aromatic rings. The van der Waals surface area contributed by atoms with E-state index in [0.29, 0.717) is 12.8 Å². The molecule has 29 heavy (non-hydrogen) atoms. The molecule has 0 N–H and O–H groups in total. The Bertz CT molecular complexity index is 968. The summed E-state index contributed by atoms with van der Waals surface area (Å²) >= 11 is 1.71. The Morgan fingerprint density at radius 3 is 2.83 bits per heavy atom. The predicted octanol–water partition coefficient (Wildman–Crippen LogP) is 5.00. The molecular weight excluding hydrogens is 384 g/mol. The molecule has 0 bridgehead atoms. The van der Waals surface area contributed by atoms with E-state index in [0.717, 1.165) is 53.4 Å². The molecule has 0 radical (unpaired) electrons. The van der Waals surface area contributed by atoms with Gasteiger partial charge in [-0.1, -0.05) is 12.1 Å². The molecule has 1 atom stereocenters. The van der Waals surface area contributed by atoms with Gasteiger partial charge >= 0.3 is 0 Å². The summed E-state index contributed by atoms with van der Waals surface area (Å²) in [7, 11) is 3.30. The van der Waals surface area contributed by atoms with Crippen molar-refractivity contribution in [3.05, 3.63) is 53.0 Å². The number of piperidine rings is 1. The maximum absolute atomic E-state index is 13.2. The number of thiazole rings is 1. The van der Waals surface area contributed by atoms with E-state index >= 15 is 0 Å². The molecule has 1 aromatic heterocycles. The fraction of sp³-hybridized carbons (Fsp3) is 0.391. The van der Waals surface area contributed by atoms with E-state index in [9.17, 15) is 4.79 Å². The third kappa shape index (κ3) is 4.22. The smallest absolute Gasteiger partial charge is 0.223 e. The number of hydrogen-bond acceptors (Lipinski definition) is 5. The number of nitrogens with zero attached hydrogens (tertiary/aromatic N) is 2. The second kappa shape index (κ2) is 8.82. The lowest BCUT2D eigenvalue weighted by molar-refractivity contribution is -0.135. The van der Waals surface area contributed by atoms with Crippen LogP contribution in [0.1, 0.15) is 42.3 Å². The van der Waals surface area contributed by atoms with Crippen molar-refractivity contribution < 1.29 is 14.3 Å². The number of fused-ring (bicyclic) bond motifs is 1. The van der Waals surface area contributed by atoms with Gasteiger partial charge in [-0.05, 0) is 61.6 Å². The molecule has 1 aliphatic heterocycles. The zero-order valence-electron chi connectivity index (χ0n) is 16.9. The molecule has 1 saturated heterocycles. The van der Waals surface area contributed by atoms with Gasteiger partial charge in [0.15, 0.2) is 0 Å². The standard InChI is InChI=1S/C23H26N2O3S/c1-27-17-11-12-20(28-2)16(15-17)10-13-22(26)25-14-6-5-8-19(25)23-24-18-7-3-4-9-21(18)29-23/h3-4,7,9,11-12,15,19H,5-6,8,10,13-14H2,1-2H3. The summed E-state index contributed by atoms with van der Waals surface area (Å²) in [6, 6.07) is 14.0. The zero-order chi connectivity index (χ0) is 20.2. The Hall–Kier alpha value is -2.60. The lowest BCUT2D eigenvalue weighted by Gasteiger charge is -2.34. The summed E-state index contributed by atoms with van der Waals surface area (Å²) < 4.78 is 12.0. The topological polar surface area (TPSA) is 51.7 Å². The van der Waals surface area contributed by atoms with Crippen molar-refractivity contribution in [2.24, 2.45) is 0 Å². The Morgan fingerprint density at radius 1 is 1.17 bits per heavy atom. The molecular formula is C23H26N2O3S. The molecule has 1 aliphatic rings. The SMILES string of the molecule is COc1ccc(OC)c(CCC(=O)N2CCCCC2c2nc3ccccc3s2)c1. The van der Waals surface area contributed by atoms with Gasteiger partial charge < -0.3 is 14.4 Å². The Kier molecular flexibility index (Phi) is 6.00. The van der Waals surface area contributed by atoms with Gasteiger partial charge in [0, 0.05) is 13.0 Å². The summed E-state index contributed by atoms with van der Waals surface area (Å²) in [5.74, 6) is 1.75. The molecule has 2 aromatic carbocycles. The lowest BCUT2D eigenvalue weighted by atomic mass is 10.0. The summed E-state index contributed by atoms with van der Waals surface area (Å²) in [5.41, 5.74) is 2.01. The highest BCUT2D eigenvalue weighted by Gasteiger charge is 2.30. The largest absolute Gasteiger partial charge is 0.497 e. The average Bonchev–Trinajstić information content (AvgIpc) is 3.21. The van der Waals surface area contributed by atoms with E-state index in [4.69, 9.17) is 14.5 Å². The molecule has 0 spiro atoms. The Morgan fingerprint density at radius 2 is 2.03 bits per heavy atom. The van der Waals surface area contributed by atoms with Gasteiger partial charge in [-0.3, -0.25) is 4.79 Å². The monoisotopic (exact) mass is 410 g/mol. The zero-order valence-corrected chi connectivity index (χ0v) is 17.7. The van der Waals surface area contributed by atoms with E-state index in [1.807, 2.05) is 41.3 Å². The van der Waals surface area contributed by atoms with Crippen LogP contribution in [0.4, 0.5) is 0 Å². The number of carbonyl (C=O) groups is 1. The number of amides is 1. The van der Waals surface area contributed by atoms with Crippen molar-refractivity contribution in [3.63, 3.8) is 0 Å². The number of benzene rings is 2. The highest BCUT2D eigenvalue weighted by atomic mass is 32.1. The molecule has 5 nitrogen and oxygen atoms in total. The summed E-state index contributed by atoms with van der Waals surface area (Å²) in [6.45, 7) is 0.800. The van der Waals surface area contributed by atoms with Gasteiger partial charge in [-0.15, -0.1) is 11.3 Å². The number of carbonyl (C=O) groups excluding carboxylic acids is 1. The minimum atomic E-state index is 0.0841. The van der Waals surface area contributed by atoms with Crippen LogP contribution in [0.2, 0.25) is 0 Å². The first-order chi connectivity index (χ1) is 14.2. The molecule has 0 aliphatic carbocycles. The number of hydrogen-bond donors (Lipinski definition) is 0. The van der Waals surface area contributed by atoms with Gasteiger partial charge in [-0.25, -0.2) is 4.98 Å². The molecule has 1 unspecified atom stereocenters. The number of para-hydroxylation sites is 1. The molecule has 2 heterocycles. The van der Waals surface area contributed by atoms with Crippen molar-refractivity contribution in [1.82, 2.24) is 9.88 Å². The van der Waals surface area contributed by atoms with Crippen LogP contribution in [0.3, 0.4) is 0 Å². The molecule has 152 valence electrons. The minimum absolute atomic E-state index is 0.0841. The number of methoxy groups -OCH3 is 2. The van der Waals surface area contributed by atoms with E-state index in [1.165, 1.54) is 4.70 Å². The molecule has 4 rings (SSSR count). The second-order valence-electron chi connectivity index (χ2n) is 7.30. The fourth-order valence-corrected chi connectivity index (χ4v) is 5.10.